The molecule has 1 N–H and O–H groups in total. The maximum Gasteiger partial charge on any atom is 0.124 e. The molecule has 0 aliphatic heterocycles. The van der Waals surface area contributed by atoms with Gasteiger partial charge in [0.15, 0.2) is 0 Å². The molecule has 94 valence electrons. The predicted molar refractivity (Wildman–Crippen MR) is 66.1 cm³/mol. The minimum absolute atomic E-state index is 0.340. The maximum atomic E-state index is 10.0. The second-order valence-electron chi connectivity index (χ2n) is 4.56. The largest absolute Gasteiger partial charge is 0.496 e. The number of hydrogen-bond donors (Lipinski definition) is 1. The standard InChI is InChI=1S/C14H20O3/c1-16-14-5-3-2-4-12(14)13(15)10-17-9-8-11-6-7-11/h2-5,11,13,15H,6-10H2,1H3. The van der Waals surface area contributed by atoms with E-state index >= 15 is 0 Å². The molecular formula is C14H20O3. The molecule has 0 bridgehead atoms. The van der Waals surface area contributed by atoms with E-state index in [1.54, 1.807) is 7.11 Å². The van der Waals surface area contributed by atoms with Gasteiger partial charge in [-0.05, 0) is 18.4 Å². The van der Waals surface area contributed by atoms with Crippen LogP contribution >= 0.6 is 0 Å². The van der Waals surface area contributed by atoms with Gasteiger partial charge in [-0.15, -0.1) is 0 Å². The number of hydrogen-bond acceptors (Lipinski definition) is 3. The van der Waals surface area contributed by atoms with Crippen molar-refractivity contribution in [1.82, 2.24) is 0 Å². The summed E-state index contributed by atoms with van der Waals surface area (Å²) in [6.07, 6.45) is 3.21. The smallest absolute Gasteiger partial charge is 0.124 e. The normalized spacial score (nSPS) is 16.8. The van der Waals surface area contributed by atoms with E-state index in [-0.39, 0.29) is 0 Å². The molecule has 0 heterocycles. The first-order chi connectivity index (χ1) is 8.31. The van der Waals surface area contributed by atoms with Gasteiger partial charge in [0.05, 0.1) is 13.7 Å². The fourth-order valence-electron chi connectivity index (χ4n) is 1.88. The van der Waals surface area contributed by atoms with Crippen LogP contribution in [0, 0.1) is 5.92 Å². The number of benzene rings is 1. The topological polar surface area (TPSA) is 38.7 Å². The van der Waals surface area contributed by atoms with Gasteiger partial charge in [0, 0.05) is 12.2 Å². The van der Waals surface area contributed by atoms with Gasteiger partial charge in [0.1, 0.15) is 11.9 Å². The van der Waals surface area contributed by atoms with Crippen molar-refractivity contribution in [2.45, 2.75) is 25.4 Å². The van der Waals surface area contributed by atoms with E-state index < -0.39 is 6.10 Å². The number of ether oxygens (including phenoxy) is 2. The maximum absolute atomic E-state index is 10.0. The van der Waals surface area contributed by atoms with Gasteiger partial charge >= 0.3 is 0 Å². The Balaban J connectivity index is 1.78. The summed E-state index contributed by atoms with van der Waals surface area (Å²) in [5.41, 5.74) is 0.793. The molecule has 0 radical (unpaired) electrons. The number of aliphatic hydroxyl groups excluding tert-OH is 1. The first-order valence-electron chi connectivity index (χ1n) is 6.20. The summed E-state index contributed by atoms with van der Waals surface area (Å²) in [5, 5.41) is 10.0. The van der Waals surface area contributed by atoms with Crippen LogP contribution in [0.1, 0.15) is 30.9 Å². The lowest BCUT2D eigenvalue weighted by atomic mass is 10.1. The third-order valence-corrected chi connectivity index (χ3v) is 3.14. The number of rotatable bonds is 7. The van der Waals surface area contributed by atoms with Crippen LogP contribution in [-0.2, 0) is 4.74 Å². The molecule has 0 aromatic heterocycles. The fraction of sp³-hybridized carbons (Fsp3) is 0.571. The fourth-order valence-corrected chi connectivity index (χ4v) is 1.88. The molecule has 1 aromatic carbocycles. The first kappa shape index (κ1) is 12.4. The SMILES string of the molecule is COc1ccccc1C(O)COCCC1CC1. The molecule has 1 aliphatic rings. The molecule has 17 heavy (non-hydrogen) atoms. The van der Waals surface area contributed by atoms with Crippen molar-refractivity contribution in [2.75, 3.05) is 20.3 Å². The van der Waals surface area contributed by atoms with Crippen LogP contribution in [0.15, 0.2) is 24.3 Å². The van der Waals surface area contributed by atoms with Gasteiger partial charge in [-0.1, -0.05) is 31.0 Å². The second kappa shape index (κ2) is 6.03. The van der Waals surface area contributed by atoms with E-state index in [1.807, 2.05) is 24.3 Å². The van der Waals surface area contributed by atoms with Crippen molar-refractivity contribution in [1.29, 1.82) is 0 Å². The summed E-state index contributed by atoms with van der Waals surface area (Å²) < 4.78 is 10.7. The van der Waals surface area contributed by atoms with E-state index in [2.05, 4.69) is 0 Å². The summed E-state index contributed by atoms with van der Waals surface area (Å²) in [6, 6.07) is 7.50. The molecule has 0 amide bonds. The lowest BCUT2D eigenvalue weighted by Crippen LogP contribution is -2.09. The third kappa shape index (κ3) is 3.72. The van der Waals surface area contributed by atoms with E-state index in [1.165, 1.54) is 12.8 Å². The van der Waals surface area contributed by atoms with Gasteiger partial charge in [-0.2, -0.15) is 0 Å². The summed E-state index contributed by atoms with van der Waals surface area (Å²) in [7, 11) is 1.61. The minimum Gasteiger partial charge on any atom is -0.496 e. The molecule has 1 saturated carbocycles. The molecular weight excluding hydrogens is 216 g/mol. The quantitative estimate of drug-likeness (QED) is 0.739. The Morgan fingerprint density at radius 1 is 1.35 bits per heavy atom. The molecule has 0 spiro atoms. The molecule has 1 aromatic rings. The van der Waals surface area contributed by atoms with E-state index in [4.69, 9.17) is 9.47 Å². The van der Waals surface area contributed by atoms with Crippen LogP contribution in [0.4, 0.5) is 0 Å². The Hall–Kier alpha value is -1.06. The zero-order chi connectivity index (χ0) is 12.1. The Kier molecular flexibility index (Phi) is 4.40. The van der Waals surface area contributed by atoms with Crippen LogP contribution < -0.4 is 4.74 Å². The van der Waals surface area contributed by atoms with Crippen molar-refractivity contribution in [2.24, 2.45) is 5.92 Å². The Morgan fingerprint density at radius 2 is 2.12 bits per heavy atom. The average Bonchev–Trinajstić information content (AvgIpc) is 3.18. The number of methoxy groups -OCH3 is 1. The molecule has 1 aliphatic carbocycles. The highest BCUT2D eigenvalue weighted by atomic mass is 16.5. The van der Waals surface area contributed by atoms with Crippen LogP contribution in [0.3, 0.4) is 0 Å². The monoisotopic (exact) mass is 236 g/mol. The zero-order valence-corrected chi connectivity index (χ0v) is 10.3. The highest BCUT2D eigenvalue weighted by molar-refractivity contribution is 5.34. The molecule has 0 saturated heterocycles. The van der Waals surface area contributed by atoms with E-state index in [0.29, 0.717) is 12.4 Å². The molecule has 3 heteroatoms. The summed E-state index contributed by atoms with van der Waals surface area (Å²) in [4.78, 5) is 0. The molecule has 1 unspecified atom stereocenters. The van der Waals surface area contributed by atoms with Crippen LogP contribution in [0.2, 0.25) is 0 Å². The van der Waals surface area contributed by atoms with Gasteiger partial charge in [-0.3, -0.25) is 0 Å². The van der Waals surface area contributed by atoms with Crippen molar-refractivity contribution in [3.8, 4) is 5.75 Å². The number of para-hydroxylation sites is 1. The van der Waals surface area contributed by atoms with Crippen LogP contribution in [0.5, 0.6) is 5.75 Å². The zero-order valence-electron chi connectivity index (χ0n) is 10.3. The van der Waals surface area contributed by atoms with Crippen LogP contribution in [-0.4, -0.2) is 25.4 Å². The Bertz CT molecular complexity index is 347. The Labute approximate surface area is 102 Å². The summed E-state index contributed by atoms with van der Waals surface area (Å²) in [6.45, 7) is 1.09. The van der Waals surface area contributed by atoms with Gasteiger partial charge in [-0.25, -0.2) is 0 Å². The van der Waals surface area contributed by atoms with Crippen molar-refractivity contribution >= 4 is 0 Å². The highest BCUT2D eigenvalue weighted by Crippen LogP contribution is 2.32. The molecule has 1 fully saturated rings. The summed E-state index contributed by atoms with van der Waals surface area (Å²) >= 11 is 0. The lowest BCUT2D eigenvalue weighted by molar-refractivity contribution is 0.0325. The van der Waals surface area contributed by atoms with E-state index in [0.717, 1.165) is 24.5 Å². The Morgan fingerprint density at radius 3 is 2.82 bits per heavy atom. The lowest BCUT2D eigenvalue weighted by Gasteiger charge is -2.14. The minimum atomic E-state index is -0.606. The van der Waals surface area contributed by atoms with Crippen LogP contribution in [0.25, 0.3) is 0 Å². The second-order valence-corrected chi connectivity index (χ2v) is 4.56. The first-order valence-corrected chi connectivity index (χ1v) is 6.20. The third-order valence-electron chi connectivity index (χ3n) is 3.14. The van der Waals surface area contributed by atoms with E-state index in [9.17, 15) is 5.11 Å². The average molecular weight is 236 g/mol. The molecule has 2 rings (SSSR count). The molecule has 3 nitrogen and oxygen atoms in total. The number of aliphatic hydroxyl groups is 1. The van der Waals surface area contributed by atoms with Crippen molar-refractivity contribution < 1.29 is 14.6 Å². The van der Waals surface area contributed by atoms with Crippen molar-refractivity contribution in [3.05, 3.63) is 29.8 Å². The predicted octanol–water partition coefficient (Wildman–Crippen LogP) is 2.55. The summed E-state index contributed by atoms with van der Waals surface area (Å²) in [5.74, 6) is 1.59. The molecule has 1 atom stereocenters. The van der Waals surface area contributed by atoms with Crippen molar-refractivity contribution in [3.63, 3.8) is 0 Å². The highest BCUT2D eigenvalue weighted by Gasteiger charge is 2.20. The van der Waals surface area contributed by atoms with Gasteiger partial charge in [0.2, 0.25) is 0 Å². The van der Waals surface area contributed by atoms with Gasteiger partial charge in [0.25, 0.3) is 0 Å². The van der Waals surface area contributed by atoms with Gasteiger partial charge < -0.3 is 14.6 Å².